The molecule has 5 N–H and O–H groups in total. The zero-order valence-corrected chi connectivity index (χ0v) is 39.1. The first kappa shape index (κ1) is 47.6. The van der Waals surface area contributed by atoms with Crippen LogP contribution < -0.4 is 36.1 Å². The Morgan fingerprint density at radius 3 is 2.29 bits per heavy atom. The van der Waals surface area contributed by atoms with Gasteiger partial charge in [-0.2, -0.15) is 13.2 Å². The van der Waals surface area contributed by atoms with Crippen molar-refractivity contribution in [2.75, 3.05) is 49.8 Å². The fourth-order valence-electron chi connectivity index (χ4n) is 10.7. The van der Waals surface area contributed by atoms with E-state index < -0.39 is 52.9 Å². The third kappa shape index (κ3) is 9.61. The van der Waals surface area contributed by atoms with E-state index in [0.29, 0.717) is 78.6 Å². The summed E-state index contributed by atoms with van der Waals surface area (Å²) >= 11 is 0. The highest BCUT2D eigenvalue weighted by Crippen LogP contribution is 2.57. The molecule has 2 saturated carbocycles. The second-order valence-electron chi connectivity index (χ2n) is 19.4. The number of amides is 5. The molecule has 4 heterocycles. The number of aromatic nitrogens is 2. The molecular formula is C50H57F3N8O8. The fraction of sp³-hybridized carbons (Fsp3) is 0.500. The molecule has 366 valence electrons. The lowest BCUT2D eigenvalue weighted by atomic mass is 9.66. The van der Waals surface area contributed by atoms with Crippen molar-refractivity contribution < 1.29 is 51.4 Å². The molecule has 0 radical (unpaired) electrons. The number of nitrogens with two attached hydrogens (primary N) is 1. The SMILES string of the molecule is CNC(=O)C1(CC2(COc3cc4c(N[C@H](C)c5cc(N)cc(C(F)(F)F)c5)nc(C)nc4cc3OC)CC2)CCC(OC2CCN(c3ccc4c(c3)C(=O)N(C3CCC(=O)NC3=O)C4=O)CC2)CC1. The molecule has 3 aliphatic heterocycles. The van der Waals surface area contributed by atoms with Crippen LogP contribution in [0.3, 0.4) is 0 Å². The van der Waals surface area contributed by atoms with Gasteiger partial charge >= 0.3 is 6.18 Å². The van der Waals surface area contributed by atoms with Crippen LogP contribution in [0.5, 0.6) is 11.5 Å². The van der Waals surface area contributed by atoms with Gasteiger partial charge in [0.1, 0.15) is 17.7 Å². The number of anilines is 3. The van der Waals surface area contributed by atoms with Gasteiger partial charge in [0.05, 0.1) is 59.6 Å². The summed E-state index contributed by atoms with van der Waals surface area (Å²) < 4.78 is 60.0. The van der Waals surface area contributed by atoms with Crippen LogP contribution in [0.1, 0.15) is 121 Å². The number of rotatable bonds is 14. The number of fused-ring (bicyclic) bond motifs is 2. The minimum absolute atomic E-state index is 0.000171. The molecule has 5 aliphatic rings. The van der Waals surface area contributed by atoms with Crippen LogP contribution in [0.15, 0.2) is 48.5 Å². The van der Waals surface area contributed by atoms with Crippen LogP contribution in [0, 0.1) is 17.8 Å². The Balaban J connectivity index is 0.812. The lowest BCUT2D eigenvalue weighted by molar-refractivity contribution is -0.138. The number of carbonyl (C=O) groups excluding carboxylic acids is 5. The first-order valence-electron chi connectivity index (χ1n) is 23.6. The highest BCUT2D eigenvalue weighted by molar-refractivity contribution is 6.23. The molecule has 2 atom stereocenters. The minimum Gasteiger partial charge on any atom is -0.493 e. The molecule has 0 spiro atoms. The van der Waals surface area contributed by atoms with Crippen molar-refractivity contribution in [1.82, 2.24) is 25.5 Å². The predicted octanol–water partition coefficient (Wildman–Crippen LogP) is 7.03. The summed E-state index contributed by atoms with van der Waals surface area (Å²) in [6.07, 6.45) is 2.34. The molecule has 19 heteroatoms. The number of alkyl halides is 3. The van der Waals surface area contributed by atoms with Crippen LogP contribution in [0.2, 0.25) is 0 Å². The van der Waals surface area contributed by atoms with Gasteiger partial charge in [0.2, 0.25) is 17.7 Å². The van der Waals surface area contributed by atoms with Crippen molar-refractivity contribution in [2.45, 2.75) is 115 Å². The molecule has 1 unspecified atom stereocenters. The maximum absolute atomic E-state index is 13.8. The van der Waals surface area contributed by atoms with Crippen molar-refractivity contribution in [3.63, 3.8) is 0 Å². The van der Waals surface area contributed by atoms with Gasteiger partial charge < -0.3 is 35.5 Å². The first-order chi connectivity index (χ1) is 32.9. The summed E-state index contributed by atoms with van der Waals surface area (Å²) in [6, 6.07) is 10.6. The average Bonchev–Trinajstić information content (AvgIpc) is 4.04. The van der Waals surface area contributed by atoms with Crippen molar-refractivity contribution in [3.05, 3.63) is 76.6 Å². The maximum Gasteiger partial charge on any atom is 0.416 e. The normalized spacial score (nSPS) is 23.1. The Morgan fingerprint density at radius 1 is 0.913 bits per heavy atom. The summed E-state index contributed by atoms with van der Waals surface area (Å²) in [6.45, 7) is 5.17. The lowest BCUT2D eigenvalue weighted by Crippen LogP contribution is -2.54. The predicted molar refractivity (Wildman–Crippen MR) is 249 cm³/mol. The highest BCUT2D eigenvalue weighted by atomic mass is 19.4. The zero-order valence-electron chi connectivity index (χ0n) is 39.1. The molecule has 9 rings (SSSR count). The maximum atomic E-state index is 13.8. The summed E-state index contributed by atoms with van der Waals surface area (Å²) in [7, 11) is 3.22. The molecule has 2 saturated heterocycles. The average molecular weight is 955 g/mol. The summed E-state index contributed by atoms with van der Waals surface area (Å²) in [5.41, 5.74) is 6.41. The van der Waals surface area contributed by atoms with Crippen molar-refractivity contribution in [1.29, 1.82) is 0 Å². The first-order valence-corrected chi connectivity index (χ1v) is 23.6. The number of nitrogens with zero attached hydrogens (tertiary/aromatic N) is 4. The number of piperidine rings is 2. The summed E-state index contributed by atoms with van der Waals surface area (Å²) in [5.74, 6) is -0.336. The second-order valence-corrected chi connectivity index (χ2v) is 19.4. The van der Waals surface area contributed by atoms with Crippen molar-refractivity contribution in [2.24, 2.45) is 10.8 Å². The molecule has 0 bridgehead atoms. The quantitative estimate of drug-likeness (QED) is 0.0741. The van der Waals surface area contributed by atoms with E-state index in [2.05, 4.69) is 30.8 Å². The molecule has 1 aromatic heterocycles. The Kier molecular flexibility index (Phi) is 12.7. The van der Waals surface area contributed by atoms with Crippen LogP contribution >= 0.6 is 0 Å². The minimum atomic E-state index is -4.56. The van der Waals surface area contributed by atoms with Gasteiger partial charge in [0.15, 0.2) is 11.5 Å². The standard InChI is InChI=1S/C50H57F3N8O8/c1-27(29-19-30(50(51,52)53)21-31(54)20-29)56-43-37-23-41(40(67-4)24-38(37)57-28(2)58-43)68-26-48(15-16-48)25-49(47(66)55-3)13-9-33(10-14-49)69-34-11-17-60(18-12-34)32-5-6-35-36(22-32)46(65)61(45(35)64)39-7-8-42(62)59-44(39)63/h5-6,19-24,27,33-34,39H,7-18,25-26,54H2,1-4H3,(H,55,66)(H,56,57,58)(H,59,62,63)/t27-,33?,39?,49?/m1/s1. The van der Waals surface area contributed by atoms with Crippen LogP contribution in [0.25, 0.3) is 10.9 Å². The van der Waals surface area contributed by atoms with Gasteiger partial charge in [-0.25, -0.2) is 9.97 Å². The van der Waals surface area contributed by atoms with Crippen LogP contribution in [-0.4, -0.2) is 96.5 Å². The number of carbonyl (C=O) groups is 5. The zero-order chi connectivity index (χ0) is 49.0. The van der Waals surface area contributed by atoms with Gasteiger partial charge in [-0.3, -0.25) is 34.2 Å². The summed E-state index contributed by atoms with van der Waals surface area (Å²) in [4.78, 5) is 77.0. The molecule has 69 heavy (non-hydrogen) atoms. The third-order valence-corrected chi connectivity index (χ3v) is 14.7. The molecular weight excluding hydrogens is 898 g/mol. The van der Waals surface area contributed by atoms with Crippen LogP contribution in [0.4, 0.5) is 30.4 Å². The van der Waals surface area contributed by atoms with E-state index in [-0.39, 0.29) is 53.2 Å². The Labute approximate surface area is 397 Å². The number of aryl methyl sites for hydroxylation is 1. The number of imide groups is 2. The third-order valence-electron chi connectivity index (χ3n) is 14.7. The van der Waals surface area contributed by atoms with E-state index in [1.165, 1.54) is 6.07 Å². The topological polar surface area (TPSA) is 207 Å². The molecule has 3 aromatic carbocycles. The second kappa shape index (κ2) is 18.4. The number of hydrogen-bond donors (Lipinski definition) is 4. The monoisotopic (exact) mass is 954 g/mol. The van der Waals surface area contributed by atoms with Crippen LogP contribution in [-0.2, 0) is 25.3 Å². The lowest BCUT2D eigenvalue weighted by Gasteiger charge is -2.42. The van der Waals surface area contributed by atoms with E-state index in [1.54, 1.807) is 52.3 Å². The molecule has 4 fully saturated rings. The smallest absolute Gasteiger partial charge is 0.416 e. The fourth-order valence-corrected chi connectivity index (χ4v) is 10.7. The number of ether oxygens (including phenoxy) is 3. The van der Waals surface area contributed by atoms with Crippen molar-refractivity contribution >= 4 is 57.6 Å². The number of nitrogens with one attached hydrogen (secondary N) is 3. The number of nitrogen functional groups attached to an aromatic ring is 1. The van der Waals surface area contributed by atoms with Gasteiger partial charge in [0.25, 0.3) is 11.8 Å². The van der Waals surface area contributed by atoms with E-state index >= 15 is 0 Å². The van der Waals surface area contributed by atoms with E-state index in [0.717, 1.165) is 61.2 Å². The van der Waals surface area contributed by atoms with Gasteiger partial charge in [-0.05, 0) is 126 Å². The van der Waals surface area contributed by atoms with Gasteiger partial charge in [-0.1, -0.05) is 0 Å². The van der Waals surface area contributed by atoms with E-state index in [1.807, 2.05) is 6.07 Å². The Hall–Kier alpha value is -6.50. The largest absolute Gasteiger partial charge is 0.493 e. The summed E-state index contributed by atoms with van der Waals surface area (Å²) in [5, 5.41) is 9.04. The Morgan fingerprint density at radius 2 is 1.62 bits per heavy atom. The Bertz CT molecular complexity index is 2710. The van der Waals surface area contributed by atoms with E-state index in [4.69, 9.17) is 19.9 Å². The van der Waals surface area contributed by atoms with Gasteiger partial charge in [0, 0.05) is 54.8 Å². The molecule has 4 aromatic rings. The number of halogens is 3. The number of benzene rings is 3. The molecule has 5 amide bonds. The highest BCUT2D eigenvalue weighted by Gasteiger charge is 2.54. The van der Waals surface area contributed by atoms with Crippen molar-refractivity contribution in [3.8, 4) is 11.5 Å². The van der Waals surface area contributed by atoms with E-state index in [9.17, 15) is 37.1 Å². The molecule has 2 aliphatic carbocycles. The molecule has 16 nitrogen and oxygen atoms in total. The number of methoxy groups -OCH3 is 1. The van der Waals surface area contributed by atoms with Gasteiger partial charge in [-0.15, -0.1) is 0 Å². The number of hydrogen-bond acceptors (Lipinski definition) is 13.